The number of nitrogens with two attached hydrogens (primary N) is 1. The van der Waals surface area contributed by atoms with E-state index in [0.29, 0.717) is 6.54 Å². The number of rotatable bonds is 1. The third kappa shape index (κ3) is 1.85. The van der Waals surface area contributed by atoms with Crippen LogP contribution in [0.2, 0.25) is 0 Å². The maximum Gasteiger partial charge on any atom is 0.236 e. The number of nitrogens with zero attached hydrogens (tertiary/aromatic N) is 1. The molecular weight excluding hydrogens is 264 g/mol. The highest BCUT2D eigenvalue weighted by Gasteiger charge is 2.21. The van der Waals surface area contributed by atoms with Crippen molar-refractivity contribution in [3.63, 3.8) is 0 Å². The minimum absolute atomic E-state index is 0.0398. The van der Waals surface area contributed by atoms with Crippen molar-refractivity contribution in [3.05, 3.63) is 20.3 Å². The molecule has 1 aromatic heterocycles. The average Bonchev–Trinajstić information content (AvgIpc) is 2.55. The first-order chi connectivity index (χ1) is 6.70. The summed E-state index contributed by atoms with van der Waals surface area (Å²) in [6.45, 7) is 1.63. The molecule has 1 aliphatic heterocycles. The smallest absolute Gasteiger partial charge is 0.236 e. The minimum atomic E-state index is 0.0398. The van der Waals surface area contributed by atoms with Gasteiger partial charge in [0.05, 0.1) is 10.3 Å². The average molecular weight is 275 g/mol. The second-order valence-electron chi connectivity index (χ2n) is 3.27. The van der Waals surface area contributed by atoms with E-state index >= 15 is 0 Å². The Balaban J connectivity index is 2.16. The summed E-state index contributed by atoms with van der Waals surface area (Å²) in [5.41, 5.74) is 6.59. The monoisotopic (exact) mass is 274 g/mol. The molecule has 76 valence electrons. The van der Waals surface area contributed by atoms with Gasteiger partial charge in [-0.1, -0.05) is 0 Å². The highest BCUT2D eigenvalue weighted by Crippen LogP contribution is 2.31. The molecule has 2 N–H and O–H groups in total. The third-order valence-electron chi connectivity index (χ3n) is 2.36. The Morgan fingerprint density at radius 1 is 1.71 bits per heavy atom. The molecule has 0 spiro atoms. The molecule has 0 aromatic carbocycles. The molecule has 0 atom stereocenters. The van der Waals surface area contributed by atoms with Gasteiger partial charge in [0.15, 0.2) is 0 Å². The molecule has 1 aliphatic rings. The van der Waals surface area contributed by atoms with Crippen LogP contribution >= 0.6 is 27.3 Å². The van der Waals surface area contributed by atoms with Crippen LogP contribution in [0.15, 0.2) is 9.85 Å². The van der Waals surface area contributed by atoms with Crippen molar-refractivity contribution in [2.75, 3.05) is 13.1 Å². The lowest BCUT2D eigenvalue weighted by Gasteiger charge is -2.26. The summed E-state index contributed by atoms with van der Waals surface area (Å²) < 4.78 is 1.14. The number of hydrogen-bond acceptors (Lipinski definition) is 3. The van der Waals surface area contributed by atoms with Gasteiger partial charge in [0.1, 0.15) is 0 Å². The van der Waals surface area contributed by atoms with E-state index < -0.39 is 0 Å². The van der Waals surface area contributed by atoms with Crippen LogP contribution in [0.5, 0.6) is 0 Å². The molecule has 0 bridgehead atoms. The lowest BCUT2D eigenvalue weighted by atomic mass is 10.1. The van der Waals surface area contributed by atoms with E-state index in [2.05, 4.69) is 22.0 Å². The van der Waals surface area contributed by atoms with Crippen molar-refractivity contribution in [1.82, 2.24) is 4.90 Å². The molecule has 0 fully saturated rings. The van der Waals surface area contributed by atoms with Crippen LogP contribution in [0, 0.1) is 0 Å². The van der Waals surface area contributed by atoms with Crippen LogP contribution in [-0.4, -0.2) is 23.9 Å². The Hall–Kier alpha value is -0.390. The van der Waals surface area contributed by atoms with E-state index in [1.165, 1.54) is 10.4 Å². The predicted molar refractivity (Wildman–Crippen MR) is 60.2 cm³/mol. The van der Waals surface area contributed by atoms with Crippen LogP contribution in [0.25, 0.3) is 0 Å². The molecule has 1 aromatic rings. The molecule has 5 heteroatoms. The molecule has 0 saturated heterocycles. The molecule has 2 heterocycles. The zero-order valence-electron chi connectivity index (χ0n) is 7.62. The van der Waals surface area contributed by atoms with E-state index in [1.807, 2.05) is 4.90 Å². The highest BCUT2D eigenvalue weighted by molar-refractivity contribution is 9.11. The first-order valence-corrected chi connectivity index (χ1v) is 6.06. The first kappa shape index (κ1) is 10.1. The lowest BCUT2D eigenvalue weighted by Crippen LogP contribution is -2.39. The first-order valence-electron chi connectivity index (χ1n) is 4.45. The number of halogens is 1. The fourth-order valence-electron chi connectivity index (χ4n) is 1.64. The van der Waals surface area contributed by atoms with Crippen LogP contribution in [0.4, 0.5) is 0 Å². The third-order valence-corrected chi connectivity index (χ3v) is 4.10. The topological polar surface area (TPSA) is 46.3 Å². The summed E-state index contributed by atoms with van der Waals surface area (Å²) in [6.07, 6.45) is 0.956. The molecular formula is C9H11BrN2OS. The second-order valence-corrected chi connectivity index (χ2v) is 5.78. The van der Waals surface area contributed by atoms with Crippen LogP contribution < -0.4 is 5.73 Å². The number of hydrogen-bond donors (Lipinski definition) is 1. The van der Waals surface area contributed by atoms with E-state index in [1.54, 1.807) is 11.3 Å². The van der Waals surface area contributed by atoms with Gasteiger partial charge in [0.25, 0.3) is 0 Å². The van der Waals surface area contributed by atoms with Gasteiger partial charge in [-0.3, -0.25) is 4.79 Å². The number of fused-ring (bicyclic) bond motifs is 1. The summed E-state index contributed by atoms with van der Waals surface area (Å²) in [6, 6.07) is 2.09. The summed E-state index contributed by atoms with van der Waals surface area (Å²) in [5, 5.41) is 0. The zero-order chi connectivity index (χ0) is 10.1. The molecule has 0 unspecified atom stereocenters. The van der Waals surface area contributed by atoms with Crippen molar-refractivity contribution < 1.29 is 4.79 Å². The summed E-state index contributed by atoms with van der Waals surface area (Å²) in [5.74, 6) is 0.0398. The highest BCUT2D eigenvalue weighted by atomic mass is 79.9. The van der Waals surface area contributed by atoms with Gasteiger partial charge in [0.2, 0.25) is 5.91 Å². The van der Waals surface area contributed by atoms with E-state index in [-0.39, 0.29) is 12.5 Å². The minimum Gasteiger partial charge on any atom is -0.337 e. The zero-order valence-corrected chi connectivity index (χ0v) is 10.0. The lowest BCUT2D eigenvalue weighted by molar-refractivity contribution is -0.130. The molecule has 0 saturated carbocycles. The molecule has 1 amide bonds. The normalized spacial score (nSPS) is 15.4. The standard InChI is InChI=1S/C9H11BrN2OS/c10-8-3-6-5-12(9(13)4-11)2-1-7(6)14-8/h3H,1-2,4-5,11H2. The van der Waals surface area contributed by atoms with Gasteiger partial charge < -0.3 is 10.6 Å². The Labute approximate surface area is 95.0 Å². The number of carbonyl (C=O) groups is 1. The van der Waals surface area contributed by atoms with Crippen molar-refractivity contribution in [3.8, 4) is 0 Å². The van der Waals surface area contributed by atoms with E-state index in [0.717, 1.165) is 16.8 Å². The van der Waals surface area contributed by atoms with Crippen LogP contribution in [-0.2, 0) is 17.8 Å². The maximum atomic E-state index is 11.4. The van der Waals surface area contributed by atoms with Gasteiger partial charge in [-0.2, -0.15) is 0 Å². The Bertz CT molecular complexity index is 364. The van der Waals surface area contributed by atoms with Crippen molar-refractivity contribution in [1.29, 1.82) is 0 Å². The SMILES string of the molecule is NCC(=O)N1CCc2sc(Br)cc2C1. The van der Waals surface area contributed by atoms with E-state index in [4.69, 9.17) is 5.73 Å². The summed E-state index contributed by atoms with van der Waals surface area (Å²) in [4.78, 5) is 14.6. The fourth-order valence-corrected chi connectivity index (χ4v) is 3.39. The van der Waals surface area contributed by atoms with Gasteiger partial charge in [-0.15, -0.1) is 11.3 Å². The molecule has 14 heavy (non-hydrogen) atoms. The second kappa shape index (κ2) is 4.00. The van der Waals surface area contributed by atoms with Crippen LogP contribution in [0.3, 0.4) is 0 Å². The van der Waals surface area contributed by atoms with Crippen molar-refractivity contribution in [2.24, 2.45) is 5.73 Å². The van der Waals surface area contributed by atoms with Gasteiger partial charge in [-0.05, 0) is 34.0 Å². The fraction of sp³-hybridized carbons (Fsp3) is 0.444. The Kier molecular flexibility index (Phi) is 2.90. The van der Waals surface area contributed by atoms with Crippen molar-refractivity contribution >= 4 is 33.2 Å². The molecule has 3 nitrogen and oxygen atoms in total. The van der Waals surface area contributed by atoms with Gasteiger partial charge in [0, 0.05) is 18.0 Å². The summed E-state index contributed by atoms with van der Waals surface area (Å²) >= 11 is 5.22. The Morgan fingerprint density at radius 2 is 2.50 bits per heavy atom. The largest absolute Gasteiger partial charge is 0.337 e. The van der Waals surface area contributed by atoms with Gasteiger partial charge in [-0.25, -0.2) is 0 Å². The number of thiophene rings is 1. The molecule has 0 aliphatic carbocycles. The van der Waals surface area contributed by atoms with Crippen molar-refractivity contribution in [2.45, 2.75) is 13.0 Å². The number of carbonyl (C=O) groups excluding carboxylic acids is 1. The molecule has 0 radical (unpaired) electrons. The maximum absolute atomic E-state index is 11.4. The van der Waals surface area contributed by atoms with Gasteiger partial charge >= 0.3 is 0 Å². The summed E-state index contributed by atoms with van der Waals surface area (Å²) in [7, 11) is 0. The van der Waals surface area contributed by atoms with E-state index in [9.17, 15) is 4.79 Å². The van der Waals surface area contributed by atoms with Crippen LogP contribution in [0.1, 0.15) is 10.4 Å². The number of amides is 1. The Morgan fingerprint density at radius 3 is 3.21 bits per heavy atom. The molecule has 2 rings (SSSR count). The quantitative estimate of drug-likeness (QED) is 0.841. The predicted octanol–water partition coefficient (Wildman–Crippen LogP) is 1.35.